The van der Waals surface area contributed by atoms with Gasteiger partial charge in [-0.1, -0.05) is 18.2 Å². The standard InChI is InChI=1S/C17H18FNO3/c1-11(12-8-9-16(22-3)14(18)10-12)19-17(20)13-6-4-5-7-15(13)21-2/h4-11H,1-3H3,(H,19,20). The molecule has 0 aliphatic heterocycles. The van der Waals surface area contributed by atoms with Crippen molar-refractivity contribution >= 4 is 5.91 Å². The lowest BCUT2D eigenvalue weighted by atomic mass is 10.1. The number of nitrogens with one attached hydrogen (secondary N) is 1. The summed E-state index contributed by atoms with van der Waals surface area (Å²) in [7, 11) is 2.92. The lowest BCUT2D eigenvalue weighted by Gasteiger charge is -2.16. The van der Waals surface area contributed by atoms with Gasteiger partial charge in [-0.15, -0.1) is 0 Å². The van der Waals surface area contributed by atoms with Gasteiger partial charge in [-0.25, -0.2) is 4.39 Å². The van der Waals surface area contributed by atoms with Gasteiger partial charge in [0.1, 0.15) is 5.75 Å². The topological polar surface area (TPSA) is 47.6 Å². The van der Waals surface area contributed by atoms with Crippen LogP contribution in [0.15, 0.2) is 42.5 Å². The number of hydrogen-bond acceptors (Lipinski definition) is 3. The fourth-order valence-corrected chi connectivity index (χ4v) is 2.14. The molecule has 0 aliphatic rings. The van der Waals surface area contributed by atoms with E-state index in [1.807, 2.05) is 0 Å². The summed E-state index contributed by atoms with van der Waals surface area (Å²) >= 11 is 0. The highest BCUT2D eigenvalue weighted by atomic mass is 19.1. The normalized spacial score (nSPS) is 11.6. The van der Waals surface area contributed by atoms with Crippen LogP contribution in [0.5, 0.6) is 11.5 Å². The molecule has 0 heterocycles. The summed E-state index contributed by atoms with van der Waals surface area (Å²) in [6.45, 7) is 1.79. The van der Waals surface area contributed by atoms with Crippen molar-refractivity contribution in [1.82, 2.24) is 5.32 Å². The Kier molecular flexibility index (Phi) is 4.99. The molecule has 0 aromatic heterocycles. The Morgan fingerprint density at radius 1 is 1.09 bits per heavy atom. The number of rotatable bonds is 5. The van der Waals surface area contributed by atoms with Gasteiger partial charge >= 0.3 is 0 Å². The molecule has 0 spiro atoms. The molecule has 0 radical (unpaired) electrons. The highest BCUT2D eigenvalue weighted by Gasteiger charge is 2.16. The molecule has 2 aromatic carbocycles. The van der Waals surface area contributed by atoms with Crippen LogP contribution >= 0.6 is 0 Å². The van der Waals surface area contributed by atoms with Crippen LogP contribution in [0, 0.1) is 5.82 Å². The summed E-state index contributed by atoms with van der Waals surface area (Å²) in [5, 5.41) is 2.83. The lowest BCUT2D eigenvalue weighted by Crippen LogP contribution is -2.27. The average molecular weight is 303 g/mol. The number of para-hydroxylation sites is 1. The van der Waals surface area contributed by atoms with E-state index in [2.05, 4.69) is 5.32 Å². The minimum Gasteiger partial charge on any atom is -0.496 e. The highest BCUT2D eigenvalue weighted by molar-refractivity contribution is 5.97. The number of ether oxygens (including phenoxy) is 2. The fourth-order valence-electron chi connectivity index (χ4n) is 2.14. The molecule has 116 valence electrons. The molecule has 0 aliphatic carbocycles. The van der Waals surface area contributed by atoms with Crippen LogP contribution in [0.2, 0.25) is 0 Å². The van der Waals surface area contributed by atoms with Crippen molar-refractivity contribution in [2.24, 2.45) is 0 Å². The molecule has 0 saturated carbocycles. The summed E-state index contributed by atoms with van der Waals surface area (Å²) in [6.07, 6.45) is 0. The molecule has 5 heteroatoms. The predicted octanol–water partition coefficient (Wildman–Crippen LogP) is 3.33. The molecule has 1 amide bonds. The van der Waals surface area contributed by atoms with E-state index >= 15 is 0 Å². The van der Waals surface area contributed by atoms with E-state index in [4.69, 9.17) is 9.47 Å². The lowest BCUT2D eigenvalue weighted by molar-refractivity contribution is 0.0936. The van der Waals surface area contributed by atoms with Crippen LogP contribution in [0.25, 0.3) is 0 Å². The third kappa shape index (κ3) is 3.36. The minimum absolute atomic E-state index is 0.173. The average Bonchev–Trinajstić information content (AvgIpc) is 2.54. The number of amides is 1. The van der Waals surface area contributed by atoms with Crippen LogP contribution in [0.4, 0.5) is 4.39 Å². The van der Waals surface area contributed by atoms with Gasteiger partial charge in [-0.2, -0.15) is 0 Å². The molecular formula is C17H18FNO3. The van der Waals surface area contributed by atoms with Gasteiger partial charge in [0, 0.05) is 0 Å². The first-order valence-corrected chi connectivity index (χ1v) is 6.84. The van der Waals surface area contributed by atoms with Crippen LogP contribution in [-0.4, -0.2) is 20.1 Å². The van der Waals surface area contributed by atoms with Crippen LogP contribution in [0.1, 0.15) is 28.9 Å². The Bertz CT molecular complexity index is 673. The summed E-state index contributed by atoms with van der Waals surface area (Å²) in [5.74, 6) is -0.0697. The Morgan fingerprint density at radius 2 is 1.77 bits per heavy atom. The zero-order valence-electron chi connectivity index (χ0n) is 12.7. The number of hydrogen-bond donors (Lipinski definition) is 1. The Balaban J connectivity index is 2.16. The van der Waals surface area contributed by atoms with E-state index in [0.29, 0.717) is 16.9 Å². The molecule has 0 fully saturated rings. The van der Waals surface area contributed by atoms with Gasteiger partial charge in [0.25, 0.3) is 5.91 Å². The minimum atomic E-state index is -0.460. The van der Waals surface area contributed by atoms with E-state index in [1.165, 1.54) is 26.4 Å². The molecule has 1 atom stereocenters. The van der Waals surface area contributed by atoms with E-state index in [1.54, 1.807) is 37.3 Å². The predicted molar refractivity (Wildman–Crippen MR) is 81.8 cm³/mol. The van der Waals surface area contributed by atoms with E-state index in [-0.39, 0.29) is 17.7 Å². The molecular weight excluding hydrogens is 285 g/mol. The third-order valence-corrected chi connectivity index (χ3v) is 3.38. The van der Waals surface area contributed by atoms with Gasteiger partial charge in [0.2, 0.25) is 0 Å². The SMILES string of the molecule is COc1ccc(C(C)NC(=O)c2ccccc2OC)cc1F. The summed E-state index contributed by atoms with van der Waals surface area (Å²) in [4.78, 5) is 12.3. The second-order valence-corrected chi connectivity index (χ2v) is 4.79. The number of halogens is 1. The van der Waals surface area contributed by atoms with Gasteiger partial charge in [-0.05, 0) is 36.8 Å². The first-order valence-electron chi connectivity index (χ1n) is 6.84. The molecule has 1 N–H and O–H groups in total. The molecule has 2 rings (SSSR count). The maximum absolute atomic E-state index is 13.7. The van der Waals surface area contributed by atoms with Crippen molar-refractivity contribution in [3.63, 3.8) is 0 Å². The summed E-state index contributed by atoms with van der Waals surface area (Å²) < 4.78 is 23.8. The van der Waals surface area contributed by atoms with E-state index in [9.17, 15) is 9.18 Å². The Labute approximate surface area is 128 Å². The van der Waals surface area contributed by atoms with Crippen LogP contribution in [-0.2, 0) is 0 Å². The zero-order valence-corrected chi connectivity index (χ0v) is 12.7. The van der Waals surface area contributed by atoms with Crippen molar-refractivity contribution in [2.45, 2.75) is 13.0 Å². The quantitative estimate of drug-likeness (QED) is 0.921. The summed E-state index contributed by atoms with van der Waals surface area (Å²) in [6, 6.07) is 11.2. The third-order valence-electron chi connectivity index (χ3n) is 3.38. The monoisotopic (exact) mass is 303 g/mol. The van der Waals surface area contributed by atoms with Crippen molar-refractivity contribution in [1.29, 1.82) is 0 Å². The first kappa shape index (κ1) is 15.8. The number of methoxy groups -OCH3 is 2. The van der Waals surface area contributed by atoms with Crippen molar-refractivity contribution < 1.29 is 18.7 Å². The number of carbonyl (C=O) groups is 1. The molecule has 0 saturated heterocycles. The largest absolute Gasteiger partial charge is 0.496 e. The van der Waals surface area contributed by atoms with Gasteiger partial charge in [0.05, 0.1) is 25.8 Å². The Morgan fingerprint density at radius 3 is 2.41 bits per heavy atom. The van der Waals surface area contributed by atoms with Crippen molar-refractivity contribution in [3.8, 4) is 11.5 Å². The second-order valence-electron chi connectivity index (χ2n) is 4.79. The fraction of sp³-hybridized carbons (Fsp3) is 0.235. The molecule has 4 nitrogen and oxygen atoms in total. The van der Waals surface area contributed by atoms with Crippen LogP contribution < -0.4 is 14.8 Å². The molecule has 0 bridgehead atoms. The summed E-state index contributed by atoms with van der Waals surface area (Å²) in [5.41, 5.74) is 1.09. The van der Waals surface area contributed by atoms with Gasteiger partial charge in [-0.3, -0.25) is 4.79 Å². The number of benzene rings is 2. The highest BCUT2D eigenvalue weighted by Crippen LogP contribution is 2.23. The molecule has 22 heavy (non-hydrogen) atoms. The molecule has 2 aromatic rings. The van der Waals surface area contributed by atoms with Gasteiger partial charge in [0.15, 0.2) is 11.6 Å². The first-order chi connectivity index (χ1) is 10.6. The zero-order chi connectivity index (χ0) is 16.1. The van der Waals surface area contributed by atoms with Crippen molar-refractivity contribution in [2.75, 3.05) is 14.2 Å². The van der Waals surface area contributed by atoms with Crippen molar-refractivity contribution in [3.05, 3.63) is 59.4 Å². The smallest absolute Gasteiger partial charge is 0.255 e. The molecule has 1 unspecified atom stereocenters. The second kappa shape index (κ2) is 6.93. The van der Waals surface area contributed by atoms with Gasteiger partial charge < -0.3 is 14.8 Å². The number of carbonyl (C=O) groups excluding carboxylic acids is 1. The maximum Gasteiger partial charge on any atom is 0.255 e. The Hall–Kier alpha value is -2.56. The van der Waals surface area contributed by atoms with E-state index in [0.717, 1.165) is 0 Å². The van der Waals surface area contributed by atoms with E-state index < -0.39 is 5.82 Å². The van der Waals surface area contributed by atoms with Crippen LogP contribution in [0.3, 0.4) is 0 Å². The maximum atomic E-state index is 13.7.